The Morgan fingerprint density at radius 2 is 1.21 bits per heavy atom. The van der Waals surface area contributed by atoms with Gasteiger partial charge in [0, 0.05) is 31.0 Å². The Balaban J connectivity index is 2.59. The highest BCUT2D eigenvalue weighted by molar-refractivity contribution is 5.71. The maximum Gasteiger partial charge on any atom is 0.180 e. The molecule has 0 saturated heterocycles. The van der Waals surface area contributed by atoms with Crippen LogP contribution in [0.1, 0.15) is 39.3 Å². The Bertz CT molecular complexity index is 790. The molecule has 2 aromatic rings. The first kappa shape index (κ1) is 18.0. The van der Waals surface area contributed by atoms with Crippen LogP contribution in [0, 0.1) is 48.5 Å². The molecule has 5 heteroatoms. The Morgan fingerprint density at radius 3 is 1.71 bits per heavy atom. The Labute approximate surface area is 144 Å². The molecule has 0 N–H and O–H groups in total. The third-order valence-electron chi connectivity index (χ3n) is 4.71. The minimum absolute atomic E-state index is 0.644. The zero-order valence-corrected chi connectivity index (χ0v) is 16.2. The van der Waals surface area contributed by atoms with E-state index in [2.05, 4.69) is 66.9 Å². The summed E-state index contributed by atoms with van der Waals surface area (Å²) in [5.41, 5.74) is 8.90. The zero-order chi connectivity index (χ0) is 18.2. The largest absolute Gasteiger partial charge is 0.377 e. The van der Waals surface area contributed by atoms with Gasteiger partial charge in [-0.2, -0.15) is 0 Å². The number of aryl methyl sites for hydroxylation is 2. The highest BCUT2D eigenvalue weighted by Crippen LogP contribution is 2.37. The van der Waals surface area contributed by atoms with E-state index in [9.17, 15) is 0 Å². The number of azo groups is 1. The summed E-state index contributed by atoms with van der Waals surface area (Å²) >= 11 is 0. The molecule has 0 radical (unpaired) electrons. The molecular weight excluding hydrogens is 298 g/mol. The smallest absolute Gasteiger partial charge is 0.180 e. The first-order valence-corrected chi connectivity index (χ1v) is 8.16. The van der Waals surface area contributed by atoms with Crippen LogP contribution in [0.5, 0.6) is 0 Å². The molecule has 0 aliphatic heterocycles. The molecule has 0 spiro atoms. The fourth-order valence-electron chi connectivity index (χ4n) is 3.04. The van der Waals surface area contributed by atoms with Crippen molar-refractivity contribution in [1.29, 1.82) is 0 Å². The van der Waals surface area contributed by atoms with Crippen LogP contribution in [-0.4, -0.2) is 24.1 Å². The fourth-order valence-corrected chi connectivity index (χ4v) is 3.04. The Morgan fingerprint density at radius 1 is 0.667 bits per heavy atom. The van der Waals surface area contributed by atoms with Crippen molar-refractivity contribution in [3.63, 3.8) is 0 Å². The van der Waals surface area contributed by atoms with E-state index in [1.54, 1.807) is 0 Å². The molecule has 0 saturated carbocycles. The van der Waals surface area contributed by atoms with Crippen molar-refractivity contribution < 1.29 is 0 Å². The molecule has 24 heavy (non-hydrogen) atoms. The molecule has 1 aromatic heterocycles. The summed E-state index contributed by atoms with van der Waals surface area (Å²) in [6.45, 7) is 14.3. The van der Waals surface area contributed by atoms with Crippen LogP contribution in [0.3, 0.4) is 0 Å². The number of hydrogen-bond donors (Lipinski definition) is 0. The van der Waals surface area contributed by atoms with E-state index in [-0.39, 0.29) is 0 Å². The summed E-state index contributed by atoms with van der Waals surface area (Å²) in [7, 11) is 4.15. The van der Waals surface area contributed by atoms with Gasteiger partial charge in [-0.15, -0.1) is 10.2 Å². The number of rotatable bonds is 3. The second-order valence-corrected chi connectivity index (χ2v) is 6.60. The third kappa shape index (κ3) is 3.16. The van der Waals surface area contributed by atoms with E-state index in [0.29, 0.717) is 5.82 Å². The summed E-state index contributed by atoms with van der Waals surface area (Å²) in [5, 5.41) is 8.99. The maximum atomic E-state index is 4.56. The van der Waals surface area contributed by atoms with Gasteiger partial charge in [-0.05, 0) is 70.7 Å². The summed E-state index contributed by atoms with van der Waals surface area (Å²) in [5.74, 6) is 1.36. The van der Waals surface area contributed by atoms with Crippen molar-refractivity contribution in [2.24, 2.45) is 10.2 Å². The van der Waals surface area contributed by atoms with Gasteiger partial charge in [0.1, 0.15) is 5.82 Å². The standard InChI is InChI=1S/C19H27N5/c1-10-12(3)18(24(8)9)13(4)11(2)17(10)22-23-19-14(5)15(6)20-16(7)21-19/h1-9H3. The lowest BCUT2D eigenvalue weighted by Crippen LogP contribution is -2.13. The van der Waals surface area contributed by atoms with Crippen LogP contribution in [0.25, 0.3) is 0 Å². The first-order valence-electron chi connectivity index (χ1n) is 8.16. The molecule has 2 rings (SSSR count). The quantitative estimate of drug-likeness (QED) is 0.736. The lowest BCUT2D eigenvalue weighted by atomic mass is 9.95. The molecular formula is C19H27N5. The summed E-state index contributed by atoms with van der Waals surface area (Å²) in [6.07, 6.45) is 0. The van der Waals surface area contributed by atoms with Gasteiger partial charge in [0.15, 0.2) is 5.82 Å². The van der Waals surface area contributed by atoms with E-state index in [0.717, 1.165) is 33.9 Å². The molecule has 5 nitrogen and oxygen atoms in total. The number of nitrogens with zero attached hydrogens (tertiary/aromatic N) is 5. The van der Waals surface area contributed by atoms with Crippen LogP contribution < -0.4 is 4.90 Å². The molecule has 1 aromatic carbocycles. The molecule has 0 bridgehead atoms. The van der Waals surface area contributed by atoms with Gasteiger partial charge in [0.05, 0.1) is 5.69 Å². The molecule has 0 unspecified atom stereocenters. The summed E-state index contributed by atoms with van der Waals surface area (Å²) in [4.78, 5) is 10.9. The molecule has 0 aliphatic rings. The minimum atomic E-state index is 0.644. The van der Waals surface area contributed by atoms with Crippen molar-refractivity contribution in [2.45, 2.75) is 48.5 Å². The van der Waals surface area contributed by atoms with Crippen molar-refractivity contribution in [3.05, 3.63) is 39.3 Å². The van der Waals surface area contributed by atoms with Gasteiger partial charge in [0.25, 0.3) is 0 Å². The predicted molar refractivity (Wildman–Crippen MR) is 100 cm³/mol. The van der Waals surface area contributed by atoms with Gasteiger partial charge in [-0.3, -0.25) is 0 Å². The topological polar surface area (TPSA) is 53.7 Å². The lowest BCUT2D eigenvalue weighted by molar-refractivity contribution is 0.964. The van der Waals surface area contributed by atoms with Crippen molar-refractivity contribution in [2.75, 3.05) is 19.0 Å². The average molecular weight is 325 g/mol. The van der Waals surface area contributed by atoms with Gasteiger partial charge >= 0.3 is 0 Å². The highest BCUT2D eigenvalue weighted by Gasteiger charge is 2.16. The Hall–Kier alpha value is -2.30. The van der Waals surface area contributed by atoms with Crippen LogP contribution >= 0.6 is 0 Å². The molecule has 1 heterocycles. The summed E-state index contributed by atoms with van der Waals surface area (Å²) < 4.78 is 0. The number of benzene rings is 1. The maximum absolute atomic E-state index is 4.56. The first-order chi connectivity index (χ1) is 11.1. The van der Waals surface area contributed by atoms with Crippen molar-refractivity contribution in [1.82, 2.24) is 9.97 Å². The minimum Gasteiger partial charge on any atom is -0.377 e. The van der Waals surface area contributed by atoms with Crippen molar-refractivity contribution >= 4 is 17.2 Å². The molecule has 0 aliphatic carbocycles. The van der Waals surface area contributed by atoms with E-state index in [4.69, 9.17) is 0 Å². The highest BCUT2D eigenvalue weighted by atomic mass is 15.2. The predicted octanol–water partition coefficient (Wildman–Crippen LogP) is 5.12. The summed E-state index contributed by atoms with van der Waals surface area (Å²) in [6, 6.07) is 0. The third-order valence-corrected chi connectivity index (χ3v) is 4.71. The van der Waals surface area contributed by atoms with Gasteiger partial charge in [-0.1, -0.05) is 0 Å². The zero-order valence-electron chi connectivity index (χ0n) is 16.2. The molecule has 0 fully saturated rings. The van der Waals surface area contributed by atoms with Crippen LogP contribution in [-0.2, 0) is 0 Å². The van der Waals surface area contributed by atoms with Crippen molar-refractivity contribution in [3.8, 4) is 0 Å². The normalized spacial score (nSPS) is 11.4. The molecule has 128 valence electrons. The Kier molecular flexibility index (Phi) is 5.02. The second kappa shape index (κ2) is 6.67. The van der Waals surface area contributed by atoms with Crippen LogP contribution in [0.15, 0.2) is 10.2 Å². The SMILES string of the molecule is Cc1nc(C)c(C)c(N=Nc2c(C)c(C)c(N(C)C)c(C)c2C)n1. The van der Waals surface area contributed by atoms with Gasteiger partial charge in [0.2, 0.25) is 0 Å². The average Bonchev–Trinajstić information content (AvgIpc) is 2.49. The molecule has 0 amide bonds. The van der Waals surface area contributed by atoms with E-state index < -0.39 is 0 Å². The van der Waals surface area contributed by atoms with Gasteiger partial charge in [-0.25, -0.2) is 9.97 Å². The lowest BCUT2D eigenvalue weighted by Gasteiger charge is -2.23. The number of hydrogen-bond acceptors (Lipinski definition) is 5. The van der Waals surface area contributed by atoms with Gasteiger partial charge < -0.3 is 4.90 Å². The van der Waals surface area contributed by atoms with Crippen LogP contribution in [0.2, 0.25) is 0 Å². The van der Waals surface area contributed by atoms with E-state index in [1.807, 2.05) is 20.8 Å². The second-order valence-electron chi connectivity index (χ2n) is 6.60. The van der Waals surface area contributed by atoms with E-state index in [1.165, 1.54) is 16.8 Å². The molecule has 0 atom stereocenters. The van der Waals surface area contributed by atoms with E-state index >= 15 is 0 Å². The monoisotopic (exact) mass is 325 g/mol. The number of aromatic nitrogens is 2. The van der Waals surface area contributed by atoms with Crippen LogP contribution in [0.4, 0.5) is 17.2 Å². The fraction of sp³-hybridized carbons (Fsp3) is 0.474. The number of anilines is 1.